The SMILES string of the molecule is CC1=C(CCCC(=O)Nc2ccc(N(C)C)cc2)[C@@H]2CC[C@H]3C(C)(C)[C@@H](O[Si](C(C)C)C(C)(C)C)CC[C@]3(C)[C@H]2CC1. The third kappa shape index (κ3) is 6.88. The predicted molar refractivity (Wildman–Crippen MR) is 181 cm³/mol. The van der Waals surface area contributed by atoms with Crippen molar-refractivity contribution in [3.8, 4) is 0 Å². The molecule has 0 unspecified atom stereocenters. The van der Waals surface area contributed by atoms with Gasteiger partial charge in [-0.25, -0.2) is 0 Å². The fraction of sp³-hybridized carbons (Fsp3) is 0.757. The molecule has 1 aromatic carbocycles. The summed E-state index contributed by atoms with van der Waals surface area (Å²) in [5.74, 6) is 2.30. The van der Waals surface area contributed by atoms with Gasteiger partial charge >= 0.3 is 0 Å². The molecule has 3 aliphatic rings. The van der Waals surface area contributed by atoms with Gasteiger partial charge in [-0.2, -0.15) is 0 Å². The molecule has 5 heteroatoms. The van der Waals surface area contributed by atoms with Gasteiger partial charge in [-0.3, -0.25) is 4.79 Å². The number of hydrogen-bond acceptors (Lipinski definition) is 3. The van der Waals surface area contributed by atoms with E-state index in [4.69, 9.17) is 4.43 Å². The Hall–Kier alpha value is -1.59. The number of nitrogens with zero attached hydrogens (tertiary/aromatic N) is 1. The number of benzene rings is 1. The minimum Gasteiger partial charge on any atom is -0.412 e. The van der Waals surface area contributed by atoms with Gasteiger partial charge in [0.15, 0.2) is 0 Å². The summed E-state index contributed by atoms with van der Waals surface area (Å²) in [4.78, 5) is 14.9. The van der Waals surface area contributed by atoms with Crippen molar-refractivity contribution in [3.63, 3.8) is 0 Å². The van der Waals surface area contributed by atoms with Crippen molar-refractivity contribution in [1.29, 1.82) is 0 Å². The lowest BCUT2D eigenvalue weighted by Gasteiger charge is -2.63. The summed E-state index contributed by atoms with van der Waals surface area (Å²) < 4.78 is 7.19. The maximum absolute atomic E-state index is 12.8. The molecule has 2 fully saturated rings. The second kappa shape index (κ2) is 12.8. The highest BCUT2D eigenvalue weighted by atomic mass is 28.3. The molecule has 0 spiro atoms. The summed E-state index contributed by atoms with van der Waals surface area (Å²) in [5.41, 5.74) is 6.53. The molecule has 0 aromatic heterocycles. The lowest BCUT2D eigenvalue weighted by molar-refractivity contribution is -0.144. The molecule has 1 N–H and O–H groups in total. The normalized spacial score (nSPS) is 29.4. The second-order valence-corrected chi connectivity index (χ2v) is 19.9. The molecule has 42 heavy (non-hydrogen) atoms. The number of amides is 1. The van der Waals surface area contributed by atoms with Gasteiger partial charge < -0.3 is 14.6 Å². The second-order valence-electron chi connectivity index (χ2n) is 16.3. The van der Waals surface area contributed by atoms with Gasteiger partial charge in [0, 0.05) is 31.9 Å². The summed E-state index contributed by atoms with van der Waals surface area (Å²) in [5, 5.41) is 3.37. The third-order valence-corrected chi connectivity index (χ3v) is 14.5. The molecule has 3 aliphatic carbocycles. The zero-order valence-electron chi connectivity index (χ0n) is 28.8. The molecule has 0 bridgehead atoms. The molecule has 4 rings (SSSR count). The zero-order chi connectivity index (χ0) is 31.0. The van der Waals surface area contributed by atoms with Crippen molar-refractivity contribution in [2.45, 2.75) is 137 Å². The quantitative estimate of drug-likeness (QED) is 0.229. The Morgan fingerprint density at radius 1 is 1.07 bits per heavy atom. The number of allylic oxidation sites excluding steroid dienone is 2. The van der Waals surface area contributed by atoms with Gasteiger partial charge in [0.1, 0.15) is 0 Å². The van der Waals surface area contributed by atoms with Gasteiger partial charge in [0.2, 0.25) is 14.9 Å². The van der Waals surface area contributed by atoms with Crippen LogP contribution in [0.2, 0.25) is 10.6 Å². The number of hydrogen-bond donors (Lipinski definition) is 1. The number of carbonyl (C=O) groups is 1. The van der Waals surface area contributed by atoms with Crippen LogP contribution in [-0.4, -0.2) is 35.1 Å². The van der Waals surface area contributed by atoms with Crippen LogP contribution in [0.25, 0.3) is 0 Å². The molecule has 1 amide bonds. The van der Waals surface area contributed by atoms with E-state index in [0.29, 0.717) is 35.3 Å². The van der Waals surface area contributed by atoms with Crippen LogP contribution >= 0.6 is 0 Å². The van der Waals surface area contributed by atoms with E-state index in [0.717, 1.165) is 30.1 Å². The monoisotopic (exact) mass is 593 g/mol. The van der Waals surface area contributed by atoms with E-state index >= 15 is 0 Å². The van der Waals surface area contributed by atoms with Crippen LogP contribution in [0.5, 0.6) is 0 Å². The highest BCUT2D eigenvalue weighted by Gasteiger charge is 2.59. The zero-order valence-corrected chi connectivity index (χ0v) is 29.8. The van der Waals surface area contributed by atoms with Crippen LogP contribution in [0.15, 0.2) is 35.4 Å². The third-order valence-electron chi connectivity index (χ3n) is 11.4. The number of carbonyl (C=O) groups excluding carboxylic acids is 1. The number of rotatable bonds is 9. The van der Waals surface area contributed by atoms with Gasteiger partial charge in [-0.05, 0) is 122 Å². The van der Waals surface area contributed by atoms with Crippen LogP contribution < -0.4 is 10.2 Å². The molecule has 1 aromatic rings. The first-order valence-electron chi connectivity index (χ1n) is 16.9. The highest BCUT2D eigenvalue weighted by Crippen LogP contribution is 2.65. The van der Waals surface area contributed by atoms with Crippen molar-refractivity contribution in [2.24, 2.45) is 28.6 Å². The molecule has 4 nitrogen and oxygen atoms in total. The molecule has 5 atom stereocenters. The largest absolute Gasteiger partial charge is 0.412 e. The van der Waals surface area contributed by atoms with E-state index in [1.807, 2.05) is 26.2 Å². The topological polar surface area (TPSA) is 41.6 Å². The van der Waals surface area contributed by atoms with E-state index in [2.05, 4.69) is 84.7 Å². The van der Waals surface area contributed by atoms with Crippen LogP contribution in [0.3, 0.4) is 0 Å². The van der Waals surface area contributed by atoms with Crippen molar-refractivity contribution in [2.75, 3.05) is 24.3 Å². The van der Waals surface area contributed by atoms with Crippen LogP contribution in [0.4, 0.5) is 11.4 Å². The predicted octanol–water partition coefficient (Wildman–Crippen LogP) is 10.0. The molecule has 0 heterocycles. The molecule has 1 radical (unpaired) electrons. The van der Waals surface area contributed by atoms with E-state index in [9.17, 15) is 4.79 Å². The Morgan fingerprint density at radius 2 is 1.74 bits per heavy atom. The summed E-state index contributed by atoms with van der Waals surface area (Å²) in [6.07, 6.45) is 10.6. The fourth-order valence-corrected chi connectivity index (χ4v) is 12.5. The van der Waals surface area contributed by atoms with Gasteiger partial charge in [-0.1, -0.05) is 66.5 Å². The van der Waals surface area contributed by atoms with E-state index < -0.39 is 9.04 Å². The maximum Gasteiger partial charge on any atom is 0.224 e. The fourth-order valence-electron chi connectivity index (χ4n) is 9.46. The number of nitrogens with one attached hydrogen (secondary N) is 1. The Balaban J connectivity index is 1.40. The Kier molecular flexibility index (Phi) is 10.1. The first-order valence-corrected chi connectivity index (χ1v) is 18.3. The Bertz CT molecular complexity index is 1120. The molecule has 0 aliphatic heterocycles. The van der Waals surface area contributed by atoms with Gasteiger partial charge in [0.25, 0.3) is 0 Å². The lowest BCUT2D eigenvalue weighted by Crippen LogP contribution is -2.58. The Labute approximate surface area is 260 Å². The highest BCUT2D eigenvalue weighted by molar-refractivity contribution is 6.56. The molecular formula is C37H61N2O2Si. The molecule has 2 saturated carbocycles. The van der Waals surface area contributed by atoms with Crippen LogP contribution in [0, 0.1) is 28.6 Å². The van der Waals surface area contributed by atoms with E-state index in [1.165, 1.54) is 38.5 Å². The minimum absolute atomic E-state index is 0.131. The van der Waals surface area contributed by atoms with Gasteiger partial charge in [0.05, 0.1) is 6.10 Å². The van der Waals surface area contributed by atoms with Crippen molar-refractivity contribution in [3.05, 3.63) is 35.4 Å². The summed E-state index contributed by atoms with van der Waals surface area (Å²) in [7, 11) is 3.14. The van der Waals surface area contributed by atoms with Crippen LogP contribution in [-0.2, 0) is 9.22 Å². The van der Waals surface area contributed by atoms with E-state index in [-0.39, 0.29) is 16.4 Å². The Morgan fingerprint density at radius 3 is 2.33 bits per heavy atom. The lowest BCUT2D eigenvalue weighted by atomic mass is 9.43. The smallest absolute Gasteiger partial charge is 0.224 e. The molecular weight excluding hydrogens is 533 g/mol. The average Bonchev–Trinajstić information content (AvgIpc) is 2.88. The summed E-state index contributed by atoms with van der Waals surface area (Å²) in [6, 6.07) is 8.11. The standard InChI is InChI=1S/C37H61N2O2Si/c1-25(2)42(35(4,5)6)41-33-23-24-37(9)31-21-15-26(3)29(30(31)20-22-32(37)36(33,7)8)13-12-14-34(40)38-27-16-18-28(19-17-27)39(10)11/h16-19,25,30-33H,12-15,20-24H2,1-11H3,(H,38,40)/t30-,31-,32-,33-,37+/m0/s1. The van der Waals surface area contributed by atoms with E-state index in [1.54, 1.807) is 11.1 Å². The molecule has 235 valence electrons. The number of fused-ring (bicyclic) bond motifs is 3. The summed E-state index contributed by atoms with van der Waals surface area (Å²) in [6.45, 7) is 22.0. The summed E-state index contributed by atoms with van der Waals surface area (Å²) >= 11 is 0. The number of anilines is 2. The first-order chi connectivity index (χ1) is 19.6. The van der Waals surface area contributed by atoms with Crippen molar-refractivity contribution in [1.82, 2.24) is 0 Å². The van der Waals surface area contributed by atoms with Crippen LogP contribution in [0.1, 0.15) is 120 Å². The van der Waals surface area contributed by atoms with Crippen molar-refractivity contribution < 1.29 is 9.22 Å². The average molecular weight is 594 g/mol. The van der Waals surface area contributed by atoms with Crippen molar-refractivity contribution >= 4 is 26.3 Å². The molecule has 0 saturated heterocycles. The minimum atomic E-state index is -0.926. The first kappa shape index (κ1) is 33.3. The van der Waals surface area contributed by atoms with Gasteiger partial charge in [-0.15, -0.1) is 0 Å². The maximum atomic E-state index is 12.8.